The molecule has 0 aliphatic carbocycles. The summed E-state index contributed by atoms with van der Waals surface area (Å²) in [5, 5.41) is 17.6. The van der Waals surface area contributed by atoms with Crippen LogP contribution >= 0.6 is 219 Å². The SMILES string of the molecule is COc1c(-c2ccccc2)nn(C)c1C(=O)O.COc1c(-c2ccccc2)nn(C)c1C(C)=O.PP(P)P(P)P(P(P)P)P(P)P.PPP(P)P(P(P)P)P(P(P)P)P(P)P. The predicted octanol–water partition coefficient (Wildman–Crippen LogP) is 19.0. The number of methoxy groups -OCH3 is 2. The van der Waals surface area contributed by atoms with Gasteiger partial charge in [-0.15, -0.1) is 134 Å². The first-order chi connectivity index (χ1) is 28.5. The molecule has 0 spiro atoms. The minimum absolute atomic E-state index is 0.0475. The maximum Gasteiger partial charge on any atom is 0.358 e. The lowest BCUT2D eigenvalue weighted by Gasteiger charge is -2.38. The van der Waals surface area contributed by atoms with E-state index in [9.17, 15) is 9.59 Å². The minimum atomic E-state index is -1.06. The molecule has 9 nitrogen and oxygen atoms in total. The normalized spacial score (nSPS) is 13.0. The van der Waals surface area contributed by atoms with Gasteiger partial charge in [-0.3, -0.25) is 14.2 Å². The van der Waals surface area contributed by atoms with Crippen molar-refractivity contribution in [3.63, 3.8) is 0 Å². The summed E-state index contributed by atoms with van der Waals surface area (Å²) in [5.41, 5.74) is 3.53. The Morgan fingerprint density at radius 2 is 0.918 bits per heavy atom. The number of ketones is 1. The number of carboxylic acid groups (broad SMARTS) is 1. The fourth-order valence-electron chi connectivity index (χ4n) is 4.66. The Bertz CT molecular complexity index is 1790. The fourth-order valence-corrected chi connectivity index (χ4v) is 263. The van der Waals surface area contributed by atoms with Gasteiger partial charge in [-0.1, -0.05) is 68.6 Å². The summed E-state index contributed by atoms with van der Waals surface area (Å²) in [6.07, 6.45) is 0. The van der Waals surface area contributed by atoms with Gasteiger partial charge in [0.2, 0.25) is 0 Å². The lowest BCUT2D eigenvalue weighted by atomic mass is 10.1. The van der Waals surface area contributed by atoms with Gasteiger partial charge < -0.3 is 14.6 Å². The zero-order valence-electron chi connectivity index (χ0n) is 33.7. The largest absolute Gasteiger partial charge is 0.492 e. The van der Waals surface area contributed by atoms with Gasteiger partial charge in [0.15, 0.2) is 23.0 Å². The molecule has 0 fully saturated rings. The first kappa shape index (κ1) is 66.2. The number of hydrogen-bond acceptors (Lipinski definition) is 6. The second kappa shape index (κ2) is 35.4. The van der Waals surface area contributed by atoms with Crippen LogP contribution in [0, 0.1) is 0 Å². The monoisotopic (exact) mass is 1330 g/mol. The summed E-state index contributed by atoms with van der Waals surface area (Å²) in [6, 6.07) is 19.0. The molecule has 0 aliphatic heterocycles. The van der Waals surface area contributed by atoms with Crippen molar-refractivity contribution in [2.45, 2.75) is 6.92 Å². The fraction of sp³-hybridized carbons (Fsp3) is 0.200. The molecule has 0 radical (unpaired) electrons. The van der Waals surface area contributed by atoms with Crippen LogP contribution in [0.1, 0.15) is 27.9 Å². The third kappa shape index (κ3) is 22.3. The van der Waals surface area contributed by atoms with Gasteiger partial charge >= 0.3 is 5.97 Å². The molecule has 342 valence electrons. The topological polar surface area (TPSA) is 108 Å². The minimum Gasteiger partial charge on any atom is -0.492 e. The second-order valence-corrected chi connectivity index (χ2v) is 112. The van der Waals surface area contributed by atoms with Crippen molar-refractivity contribution in [1.82, 2.24) is 19.6 Å². The summed E-state index contributed by atoms with van der Waals surface area (Å²) in [7, 11) is 52.9. The Labute approximate surface area is 411 Å². The maximum absolute atomic E-state index is 11.5. The molecule has 36 heteroatoms. The molecule has 61 heavy (non-hydrogen) atoms. The number of rotatable bonds is 16. The molecule has 0 saturated heterocycles. The number of nitrogens with zero attached hydrogens (tertiary/aromatic N) is 4. The van der Waals surface area contributed by atoms with Crippen molar-refractivity contribution in [3.05, 3.63) is 72.1 Å². The Morgan fingerprint density at radius 3 is 1.18 bits per heavy atom. The van der Waals surface area contributed by atoms with Crippen LogP contribution in [-0.2, 0) is 14.1 Å². The van der Waals surface area contributed by atoms with Crippen LogP contribution in [0.4, 0.5) is 0 Å². The van der Waals surface area contributed by atoms with Crippen LogP contribution in [0.5, 0.6) is 11.5 Å². The quantitative estimate of drug-likeness (QED) is 0.0879. The molecule has 1 N–H and O–H groups in total. The van der Waals surface area contributed by atoms with E-state index in [-0.39, 0.29) is 94.1 Å². The summed E-state index contributed by atoms with van der Waals surface area (Å²) >= 11 is 0. The van der Waals surface area contributed by atoms with E-state index in [0.29, 0.717) is 22.8 Å². The van der Waals surface area contributed by atoms with Crippen LogP contribution in [0.25, 0.3) is 22.5 Å². The molecule has 19 atom stereocenters. The van der Waals surface area contributed by atoms with Crippen LogP contribution in [-0.4, -0.2) is 50.6 Å². The lowest BCUT2D eigenvalue weighted by molar-refractivity contribution is 0.0681. The highest BCUT2D eigenvalue weighted by Gasteiger charge is 2.34. The summed E-state index contributed by atoms with van der Waals surface area (Å²) in [6.45, 7) is 3.09. The molecule has 2 aromatic heterocycles. The van der Waals surface area contributed by atoms with Gasteiger partial charge in [0.05, 0.1) is 14.2 Å². The Morgan fingerprint density at radius 1 is 0.574 bits per heavy atom. The summed E-state index contributed by atoms with van der Waals surface area (Å²) < 4.78 is 13.3. The van der Waals surface area contributed by atoms with Crippen molar-refractivity contribution in [1.29, 1.82) is 0 Å². The van der Waals surface area contributed by atoms with E-state index < -0.39 is 5.97 Å². The van der Waals surface area contributed by atoms with Crippen molar-refractivity contribution >= 4 is 230 Å². The van der Waals surface area contributed by atoms with E-state index in [1.165, 1.54) is 18.7 Å². The van der Waals surface area contributed by atoms with Gasteiger partial charge in [-0.25, -0.2) is 4.79 Å². The summed E-state index contributed by atoms with van der Waals surface area (Å²) in [4.78, 5) is 22.7. The van der Waals surface area contributed by atoms with Crippen LogP contribution in [0.15, 0.2) is 60.7 Å². The molecule has 4 aromatic rings. The molecule has 0 amide bonds. The number of carboxylic acids is 1. The van der Waals surface area contributed by atoms with Crippen molar-refractivity contribution in [2.24, 2.45) is 14.1 Å². The number of aryl methyl sites for hydroxylation is 2. The molecular weight excluding hydrogens is 1270 g/mol. The molecule has 2 heterocycles. The van der Waals surface area contributed by atoms with E-state index in [0.717, 1.165) is 19.1 Å². The van der Waals surface area contributed by atoms with Crippen LogP contribution < -0.4 is 9.47 Å². The predicted molar refractivity (Wildman–Crippen MR) is 357 cm³/mol. The Kier molecular flexibility index (Phi) is 38.4. The Balaban J connectivity index is 0.000000411. The van der Waals surface area contributed by atoms with Gasteiger partial charge in [-0.2, -0.15) is 10.2 Å². The van der Waals surface area contributed by atoms with E-state index in [1.54, 1.807) is 25.9 Å². The maximum atomic E-state index is 11.5. The third-order valence-corrected chi connectivity index (χ3v) is 162. The Hall–Kier alpha value is 7.21. The van der Waals surface area contributed by atoms with Crippen molar-refractivity contribution in [2.75, 3.05) is 14.2 Å². The molecule has 4 rings (SSSR count). The third-order valence-electron chi connectivity index (χ3n) is 6.98. The molecule has 19 unspecified atom stereocenters. The van der Waals surface area contributed by atoms with Crippen LogP contribution in [0.3, 0.4) is 0 Å². The average Bonchev–Trinajstić information content (AvgIpc) is 3.73. The average molecular weight is 1330 g/mol. The number of ether oxygens (including phenoxy) is 2. The highest BCUT2D eigenvalue weighted by Crippen LogP contribution is 3.22. The highest BCUT2D eigenvalue weighted by atomic mass is 33.3. The zero-order valence-corrected chi connectivity index (χ0v) is 61.9. The smallest absolute Gasteiger partial charge is 0.358 e. The van der Waals surface area contributed by atoms with Gasteiger partial charge in [0.1, 0.15) is 17.1 Å². The standard InChI is InChI=1S/C13H14N2O2.C12H12N2O3.H17P15.H14P12/c1-9(16)12-13(17-3)11(14-15(12)2)10-7-5-4-6-8-10;1-14-10(12(15)16)11(17-2)9(13-14)8-6-4-3-5-7-8;1-9-13(8)15(12(6)7)14(10(2)3)11(4)5;1-8(2)11(7)12(9(3)4)10(5)6/h4-8H,1-3H3;3-7H,1-2H3,(H,15,16);9H,1-8H2;1-7H2. The van der Waals surface area contributed by atoms with E-state index in [1.807, 2.05) is 60.7 Å². The number of Topliss-reactive ketones (excluding diaryl/α,β-unsaturated/α-hetero) is 1. The van der Waals surface area contributed by atoms with E-state index in [4.69, 9.17) is 14.6 Å². The number of hydrogen-bond donors (Lipinski definition) is 1. The molecule has 0 aliphatic rings. The summed E-state index contributed by atoms with van der Waals surface area (Å²) in [5.74, 6) is -0.296. The zero-order chi connectivity index (χ0) is 46.9. The second-order valence-electron chi connectivity index (χ2n) is 11.2. The number of benzene rings is 2. The van der Waals surface area contributed by atoms with E-state index in [2.05, 4.69) is 144 Å². The van der Waals surface area contributed by atoms with E-state index >= 15 is 0 Å². The van der Waals surface area contributed by atoms with Crippen molar-refractivity contribution in [3.8, 4) is 34.0 Å². The lowest BCUT2D eigenvalue weighted by Crippen LogP contribution is -2.06. The van der Waals surface area contributed by atoms with Crippen molar-refractivity contribution < 1.29 is 24.2 Å². The highest BCUT2D eigenvalue weighted by molar-refractivity contribution is 9.28. The molecule has 2 aromatic carbocycles. The number of aromatic carboxylic acids is 1. The number of carbonyl (C=O) groups is 2. The van der Waals surface area contributed by atoms with Crippen LogP contribution in [0.2, 0.25) is 0 Å². The number of carbonyl (C=O) groups excluding carboxylic acids is 1. The molecule has 0 bridgehead atoms. The molecular formula is C25H57N4O5P27. The van der Waals surface area contributed by atoms with Gasteiger partial charge in [0.25, 0.3) is 0 Å². The molecule has 0 saturated carbocycles. The number of aromatic nitrogens is 4. The van der Waals surface area contributed by atoms with Gasteiger partial charge in [0, 0.05) is 32.1 Å². The first-order valence-corrected chi connectivity index (χ1v) is 63.7. The first-order valence-electron chi connectivity index (χ1n) is 16.3. The van der Waals surface area contributed by atoms with Gasteiger partial charge in [-0.05, 0) is 76.9 Å².